The summed E-state index contributed by atoms with van der Waals surface area (Å²) in [4.78, 5) is 0. The molecule has 98 valence electrons. The Morgan fingerprint density at radius 2 is 2.06 bits per heavy atom. The largest absolute Gasteiger partial charge is 0.378 e. The number of aromatic nitrogens is 4. The van der Waals surface area contributed by atoms with Gasteiger partial charge in [0.2, 0.25) is 0 Å². The van der Waals surface area contributed by atoms with Gasteiger partial charge in [-0.15, -0.1) is 0 Å². The molecule has 0 aliphatic carbocycles. The van der Waals surface area contributed by atoms with E-state index in [9.17, 15) is 0 Å². The van der Waals surface area contributed by atoms with Crippen LogP contribution in [-0.2, 0) is 13.1 Å². The van der Waals surface area contributed by atoms with E-state index in [0.29, 0.717) is 6.04 Å². The lowest BCUT2D eigenvalue weighted by molar-refractivity contribution is 0.532. The summed E-state index contributed by atoms with van der Waals surface area (Å²) in [5.74, 6) is 0. The molecule has 0 saturated carbocycles. The molecule has 0 unspecified atom stereocenters. The van der Waals surface area contributed by atoms with E-state index >= 15 is 0 Å². The van der Waals surface area contributed by atoms with Gasteiger partial charge in [-0.3, -0.25) is 9.36 Å². The van der Waals surface area contributed by atoms with Crippen LogP contribution in [0.1, 0.15) is 38.8 Å². The van der Waals surface area contributed by atoms with Gasteiger partial charge >= 0.3 is 0 Å². The van der Waals surface area contributed by atoms with Crippen LogP contribution >= 0.6 is 0 Å². The van der Waals surface area contributed by atoms with Crippen LogP contribution in [0.3, 0.4) is 0 Å². The summed E-state index contributed by atoms with van der Waals surface area (Å²) in [6, 6.07) is 0.408. The Hall–Kier alpha value is -1.78. The molecular weight excluding hydrogens is 226 g/mol. The topological polar surface area (TPSA) is 47.7 Å². The minimum absolute atomic E-state index is 0.408. The highest BCUT2D eigenvalue weighted by atomic mass is 15.3. The average Bonchev–Trinajstić information content (AvgIpc) is 2.95. The van der Waals surface area contributed by atoms with Crippen molar-refractivity contribution in [2.45, 2.75) is 46.3 Å². The van der Waals surface area contributed by atoms with Crippen molar-refractivity contribution >= 4 is 5.69 Å². The average molecular weight is 247 g/mol. The molecule has 0 amide bonds. The lowest BCUT2D eigenvalue weighted by Crippen LogP contribution is -2.01. The summed E-state index contributed by atoms with van der Waals surface area (Å²) in [6.07, 6.45) is 8.98. The quantitative estimate of drug-likeness (QED) is 0.853. The maximum absolute atomic E-state index is 4.32. The summed E-state index contributed by atoms with van der Waals surface area (Å²) in [5, 5.41) is 12.0. The van der Waals surface area contributed by atoms with E-state index < -0.39 is 0 Å². The molecule has 2 aromatic rings. The van der Waals surface area contributed by atoms with Gasteiger partial charge in [0.05, 0.1) is 18.1 Å². The van der Waals surface area contributed by atoms with Crippen LogP contribution in [0.25, 0.3) is 0 Å². The van der Waals surface area contributed by atoms with Crippen molar-refractivity contribution in [1.82, 2.24) is 19.6 Å². The number of aryl methyl sites for hydroxylation is 1. The number of anilines is 1. The Labute approximate surface area is 108 Å². The van der Waals surface area contributed by atoms with Gasteiger partial charge in [0.1, 0.15) is 0 Å². The van der Waals surface area contributed by atoms with Crippen LogP contribution in [0.4, 0.5) is 5.69 Å². The van der Waals surface area contributed by atoms with E-state index in [4.69, 9.17) is 0 Å². The number of hydrogen-bond acceptors (Lipinski definition) is 3. The molecule has 2 rings (SSSR count). The van der Waals surface area contributed by atoms with Gasteiger partial charge in [0.15, 0.2) is 0 Å². The molecule has 0 saturated heterocycles. The first-order chi connectivity index (χ1) is 8.69. The predicted molar refractivity (Wildman–Crippen MR) is 72.5 cm³/mol. The zero-order valence-electron chi connectivity index (χ0n) is 11.3. The van der Waals surface area contributed by atoms with Gasteiger partial charge in [-0.1, -0.05) is 6.92 Å². The number of hydrogen-bond donors (Lipinski definition) is 1. The van der Waals surface area contributed by atoms with Gasteiger partial charge in [-0.2, -0.15) is 10.2 Å². The first-order valence-electron chi connectivity index (χ1n) is 6.48. The molecule has 5 nitrogen and oxygen atoms in total. The number of rotatable bonds is 6. The van der Waals surface area contributed by atoms with E-state index in [2.05, 4.69) is 42.5 Å². The third-order valence-electron chi connectivity index (χ3n) is 2.77. The Morgan fingerprint density at radius 1 is 1.22 bits per heavy atom. The van der Waals surface area contributed by atoms with Gasteiger partial charge in [-0.25, -0.2) is 0 Å². The van der Waals surface area contributed by atoms with Gasteiger partial charge in [0.25, 0.3) is 0 Å². The molecule has 0 aromatic carbocycles. The van der Waals surface area contributed by atoms with Crippen LogP contribution in [0.15, 0.2) is 24.8 Å². The zero-order chi connectivity index (χ0) is 13.0. The van der Waals surface area contributed by atoms with Crippen LogP contribution in [0.5, 0.6) is 0 Å². The highest BCUT2D eigenvalue weighted by Gasteiger charge is 2.02. The molecule has 0 spiro atoms. The van der Waals surface area contributed by atoms with Gasteiger partial charge < -0.3 is 5.32 Å². The smallest absolute Gasteiger partial charge is 0.0729 e. The Balaban J connectivity index is 1.89. The fourth-order valence-electron chi connectivity index (χ4n) is 1.76. The van der Waals surface area contributed by atoms with Crippen LogP contribution in [-0.4, -0.2) is 19.6 Å². The monoisotopic (exact) mass is 247 g/mol. The fourth-order valence-corrected chi connectivity index (χ4v) is 1.76. The van der Waals surface area contributed by atoms with Crippen molar-refractivity contribution in [2.75, 3.05) is 5.32 Å². The second-order valence-electron chi connectivity index (χ2n) is 4.77. The summed E-state index contributed by atoms with van der Waals surface area (Å²) in [6.45, 7) is 8.14. The molecule has 2 heterocycles. The Morgan fingerprint density at radius 3 is 2.72 bits per heavy atom. The Kier molecular flexibility index (Phi) is 4.02. The molecular formula is C13H21N5. The Bertz CT molecular complexity index is 483. The van der Waals surface area contributed by atoms with Crippen LogP contribution < -0.4 is 5.32 Å². The SMILES string of the molecule is CCCn1cc(NCc2cnn(C(C)C)c2)cn1. The second kappa shape index (κ2) is 5.71. The summed E-state index contributed by atoms with van der Waals surface area (Å²) in [7, 11) is 0. The molecule has 0 aliphatic rings. The normalized spacial score (nSPS) is 11.1. The molecule has 0 radical (unpaired) electrons. The van der Waals surface area contributed by atoms with Gasteiger partial charge in [-0.05, 0) is 20.3 Å². The van der Waals surface area contributed by atoms with Crippen molar-refractivity contribution < 1.29 is 0 Å². The van der Waals surface area contributed by atoms with Crippen molar-refractivity contribution in [1.29, 1.82) is 0 Å². The molecule has 2 aromatic heterocycles. The zero-order valence-corrected chi connectivity index (χ0v) is 11.3. The highest BCUT2D eigenvalue weighted by molar-refractivity contribution is 5.38. The highest BCUT2D eigenvalue weighted by Crippen LogP contribution is 2.10. The predicted octanol–water partition coefficient (Wildman–Crippen LogP) is 2.68. The number of nitrogens with one attached hydrogen (secondary N) is 1. The minimum Gasteiger partial charge on any atom is -0.378 e. The van der Waals surface area contributed by atoms with Crippen molar-refractivity contribution in [3.63, 3.8) is 0 Å². The van der Waals surface area contributed by atoms with Crippen molar-refractivity contribution in [3.8, 4) is 0 Å². The lowest BCUT2D eigenvalue weighted by atomic mass is 10.3. The first-order valence-corrected chi connectivity index (χ1v) is 6.48. The van der Waals surface area contributed by atoms with E-state index in [-0.39, 0.29) is 0 Å². The summed E-state index contributed by atoms with van der Waals surface area (Å²) in [5.41, 5.74) is 2.24. The summed E-state index contributed by atoms with van der Waals surface area (Å²) >= 11 is 0. The maximum Gasteiger partial charge on any atom is 0.0729 e. The van der Waals surface area contributed by atoms with E-state index in [1.165, 1.54) is 5.56 Å². The van der Waals surface area contributed by atoms with Crippen LogP contribution in [0, 0.1) is 0 Å². The number of nitrogens with zero attached hydrogens (tertiary/aromatic N) is 4. The van der Waals surface area contributed by atoms with Crippen molar-refractivity contribution in [3.05, 3.63) is 30.4 Å². The molecule has 1 N–H and O–H groups in total. The lowest BCUT2D eigenvalue weighted by Gasteiger charge is -2.03. The maximum atomic E-state index is 4.32. The molecule has 0 aliphatic heterocycles. The van der Waals surface area contributed by atoms with Crippen molar-refractivity contribution in [2.24, 2.45) is 0 Å². The van der Waals surface area contributed by atoms with E-state index in [0.717, 1.165) is 25.2 Å². The van der Waals surface area contributed by atoms with E-state index in [1.807, 2.05) is 28.0 Å². The third kappa shape index (κ3) is 3.12. The van der Waals surface area contributed by atoms with Gasteiger partial charge in [0, 0.05) is 37.1 Å². The second-order valence-corrected chi connectivity index (χ2v) is 4.77. The standard InChI is InChI=1S/C13H21N5/c1-4-5-17-10-13(8-15-17)14-6-12-7-16-18(9-12)11(2)3/h7-11,14H,4-6H2,1-3H3. The van der Waals surface area contributed by atoms with E-state index in [1.54, 1.807) is 0 Å². The molecule has 5 heteroatoms. The summed E-state index contributed by atoms with van der Waals surface area (Å²) < 4.78 is 3.93. The molecule has 0 atom stereocenters. The minimum atomic E-state index is 0.408. The third-order valence-corrected chi connectivity index (χ3v) is 2.77. The first kappa shape index (κ1) is 12.7. The van der Waals surface area contributed by atoms with Crippen LogP contribution in [0.2, 0.25) is 0 Å². The molecule has 18 heavy (non-hydrogen) atoms. The molecule has 0 fully saturated rings. The fraction of sp³-hybridized carbons (Fsp3) is 0.538. The molecule has 0 bridgehead atoms.